The first-order valence-corrected chi connectivity index (χ1v) is 8.36. The molecular formula is C16H16ClF2N5S. The van der Waals surface area contributed by atoms with Gasteiger partial charge in [0.05, 0.1) is 17.1 Å². The van der Waals surface area contributed by atoms with Gasteiger partial charge in [0.2, 0.25) is 5.95 Å². The molecule has 5 nitrogen and oxygen atoms in total. The van der Waals surface area contributed by atoms with Gasteiger partial charge < -0.3 is 10.6 Å². The zero-order valence-corrected chi connectivity index (χ0v) is 14.7. The van der Waals surface area contributed by atoms with E-state index in [1.54, 1.807) is 12.1 Å². The molecule has 1 aromatic heterocycles. The molecular weight excluding hydrogens is 368 g/mol. The summed E-state index contributed by atoms with van der Waals surface area (Å²) in [6, 6.07) is 6.75. The van der Waals surface area contributed by atoms with E-state index in [0.29, 0.717) is 36.3 Å². The molecule has 0 aliphatic carbocycles. The first-order valence-electron chi connectivity index (χ1n) is 7.55. The standard InChI is InChI=1S/C16H15F2N5S.ClH/c17-11-6-21-15(22-7-11)23-8-10-5-20-14(19)24-16(10,9-23)12-3-1-2-4-13(12)18;/h1-4,6-7,10H,5,8-9H2,(H2,19,20);1H/t10-,16-;/m0./s1. The summed E-state index contributed by atoms with van der Waals surface area (Å²) in [6.07, 6.45) is 2.27. The van der Waals surface area contributed by atoms with Gasteiger partial charge in [-0.15, -0.1) is 12.4 Å². The number of nitrogens with two attached hydrogens (primary N) is 1. The molecule has 1 fully saturated rings. The summed E-state index contributed by atoms with van der Waals surface area (Å²) in [7, 11) is 0. The van der Waals surface area contributed by atoms with Crippen LogP contribution in [0.5, 0.6) is 0 Å². The van der Waals surface area contributed by atoms with Crippen LogP contribution in [0.3, 0.4) is 0 Å². The van der Waals surface area contributed by atoms with E-state index in [-0.39, 0.29) is 24.1 Å². The lowest BCUT2D eigenvalue weighted by atomic mass is 9.87. The number of aromatic nitrogens is 2. The summed E-state index contributed by atoms with van der Waals surface area (Å²) < 4.78 is 27.1. The Balaban J connectivity index is 0.00000182. The van der Waals surface area contributed by atoms with Gasteiger partial charge in [-0.3, -0.25) is 4.99 Å². The smallest absolute Gasteiger partial charge is 0.225 e. The first-order chi connectivity index (χ1) is 11.6. The van der Waals surface area contributed by atoms with Crippen molar-refractivity contribution in [3.05, 3.63) is 53.9 Å². The second kappa shape index (κ2) is 6.76. The Hall–Kier alpha value is -1.93. The molecule has 2 aliphatic heterocycles. The quantitative estimate of drug-likeness (QED) is 0.863. The van der Waals surface area contributed by atoms with Crippen molar-refractivity contribution in [3.63, 3.8) is 0 Å². The van der Waals surface area contributed by atoms with Crippen LogP contribution in [-0.2, 0) is 4.75 Å². The predicted molar refractivity (Wildman–Crippen MR) is 97.1 cm³/mol. The van der Waals surface area contributed by atoms with Gasteiger partial charge >= 0.3 is 0 Å². The van der Waals surface area contributed by atoms with E-state index < -0.39 is 10.6 Å². The Kier molecular flexibility index (Phi) is 4.83. The van der Waals surface area contributed by atoms with Gasteiger partial charge in [-0.05, 0) is 6.07 Å². The molecule has 1 aromatic carbocycles. The maximum absolute atomic E-state index is 14.5. The minimum Gasteiger partial charge on any atom is -0.379 e. The monoisotopic (exact) mass is 383 g/mol. The van der Waals surface area contributed by atoms with Crippen LogP contribution in [-0.4, -0.2) is 34.8 Å². The van der Waals surface area contributed by atoms with Gasteiger partial charge in [0.1, 0.15) is 5.82 Å². The van der Waals surface area contributed by atoms with Crippen molar-refractivity contribution in [2.75, 3.05) is 24.5 Å². The van der Waals surface area contributed by atoms with Crippen molar-refractivity contribution in [1.29, 1.82) is 0 Å². The lowest BCUT2D eigenvalue weighted by Crippen LogP contribution is -2.40. The lowest BCUT2D eigenvalue weighted by molar-refractivity contribution is 0.464. The number of rotatable bonds is 2. The number of benzene rings is 1. The molecule has 3 heterocycles. The molecule has 2 aromatic rings. The normalized spacial score (nSPS) is 25.1. The van der Waals surface area contributed by atoms with Gasteiger partial charge in [-0.25, -0.2) is 18.7 Å². The summed E-state index contributed by atoms with van der Waals surface area (Å²) in [5.41, 5.74) is 6.57. The third-order valence-corrected chi connectivity index (χ3v) is 5.88. The third kappa shape index (κ3) is 3.04. The number of hydrogen-bond acceptors (Lipinski definition) is 6. The Morgan fingerprint density at radius 2 is 1.92 bits per heavy atom. The number of thioether (sulfide) groups is 1. The molecule has 2 atom stereocenters. The van der Waals surface area contributed by atoms with E-state index in [9.17, 15) is 8.78 Å². The maximum atomic E-state index is 14.5. The van der Waals surface area contributed by atoms with Gasteiger partial charge in [0.25, 0.3) is 0 Å². The molecule has 2 aliphatic rings. The van der Waals surface area contributed by atoms with Crippen LogP contribution >= 0.6 is 24.2 Å². The average Bonchev–Trinajstić information content (AvgIpc) is 2.95. The average molecular weight is 384 g/mol. The summed E-state index contributed by atoms with van der Waals surface area (Å²) >= 11 is 1.39. The number of nitrogens with zero attached hydrogens (tertiary/aromatic N) is 4. The highest BCUT2D eigenvalue weighted by Crippen LogP contribution is 2.51. The highest BCUT2D eigenvalue weighted by molar-refractivity contribution is 8.14. The molecule has 9 heteroatoms. The molecule has 0 spiro atoms. The topological polar surface area (TPSA) is 67.4 Å². The van der Waals surface area contributed by atoms with Crippen LogP contribution in [0.25, 0.3) is 0 Å². The van der Waals surface area contributed by atoms with E-state index in [2.05, 4.69) is 15.0 Å². The molecule has 0 radical (unpaired) electrons. The van der Waals surface area contributed by atoms with Gasteiger partial charge in [0.15, 0.2) is 11.0 Å². The van der Waals surface area contributed by atoms with Crippen LogP contribution in [0.4, 0.5) is 14.7 Å². The zero-order valence-electron chi connectivity index (χ0n) is 13.1. The number of anilines is 1. The van der Waals surface area contributed by atoms with Gasteiger partial charge in [-0.1, -0.05) is 30.0 Å². The predicted octanol–water partition coefficient (Wildman–Crippen LogP) is 2.57. The first kappa shape index (κ1) is 17.9. The SMILES string of the molecule is Cl.NC1=NC[C@H]2CN(c3ncc(F)cn3)C[C@]2(c2ccccc2F)S1. The van der Waals surface area contributed by atoms with E-state index >= 15 is 0 Å². The summed E-state index contributed by atoms with van der Waals surface area (Å²) in [4.78, 5) is 14.4. The minimum atomic E-state index is -0.547. The van der Waals surface area contributed by atoms with Crippen molar-refractivity contribution in [2.24, 2.45) is 16.6 Å². The summed E-state index contributed by atoms with van der Waals surface area (Å²) in [5, 5.41) is 0.455. The van der Waals surface area contributed by atoms with E-state index in [1.807, 2.05) is 11.0 Å². The molecule has 25 heavy (non-hydrogen) atoms. The van der Waals surface area contributed by atoms with Crippen molar-refractivity contribution >= 4 is 35.3 Å². The second-order valence-electron chi connectivity index (χ2n) is 5.93. The van der Waals surface area contributed by atoms with Gasteiger partial charge in [-0.2, -0.15) is 0 Å². The molecule has 0 saturated carbocycles. The minimum absolute atomic E-state index is 0. The maximum Gasteiger partial charge on any atom is 0.225 e. The molecule has 132 valence electrons. The number of fused-ring (bicyclic) bond motifs is 1. The Bertz CT molecular complexity index is 803. The van der Waals surface area contributed by atoms with Crippen LogP contribution in [0.1, 0.15) is 5.56 Å². The largest absolute Gasteiger partial charge is 0.379 e. The number of halogens is 3. The second-order valence-corrected chi connectivity index (χ2v) is 7.28. The Morgan fingerprint density at radius 3 is 2.64 bits per heavy atom. The van der Waals surface area contributed by atoms with Crippen molar-refractivity contribution < 1.29 is 8.78 Å². The highest BCUT2D eigenvalue weighted by Gasteiger charge is 2.52. The van der Waals surface area contributed by atoms with Crippen molar-refractivity contribution in [2.45, 2.75) is 4.75 Å². The number of hydrogen-bond donors (Lipinski definition) is 1. The summed E-state index contributed by atoms with van der Waals surface area (Å²) in [5.74, 6) is -0.242. The molecule has 0 amide bonds. The molecule has 0 bridgehead atoms. The molecule has 1 saturated heterocycles. The highest BCUT2D eigenvalue weighted by atomic mass is 35.5. The third-order valence-electron chi connectivity index (χ3n) is 4.50. The van der Waals surface area contributed by atoms with E-state index in [0.717, 1.165) is 12.4 Å². The lowest BCUT2D eigenvalue weighted by Gasteiger charge is -2.36. The molecule has 2 N–H and O–H groups in total. The number of amidine groups is 1. The zero-order chi connectivity index (χ0) is 16.7. The van der Waals surface area contributed by atoms with Crippen LogP contribution in [0.2, 0.25) is 0 Å². The fraction of sp³-hybridized carbons (Fsp3) is 0.312. The molecule has 0 unspecified atom stereocenters. The fourth-order valence-electron chi connectivity index (χ4n) is 3.42. The van der Waals surface area contributed by atoms with Crippen molar-refractivity contribution in [3.8, 4) is 0 Å². The van der Waals surface area contributed by atoms with Crippen LogP contribution in [0, 0.1) is 17.6 Å². The van der Waals surface area contributed by atoms with Gasteiger partial charge in [0, 0.05) is 31.1 Å². The van der Waals surface area contributed by atoms with Crippen molar-refractivity contribution in [1.82, 2.24) is 9.97 Å². The van der Waals surface area contributed by atoms with E-state index in [4.69, 9.17) is 5.73 Å². The molecule has 4 rings (SSSR count). The summed E-state index contributed by atoms with van der Waals surface area (Å²) in [6.45, 7) is 1.62. The van der Waals surface area contributed by atoms with Crippen LogP contribution < -0.4 is 10.6 Å². The Morgan fingerprint density at radius 1 is 1.20 bits per heavy atom. The number of aliphatic imine (C=N–C) groups is 1. The fourth-order valence-corrected chi connectivity index (χ4v) is 4.74. The van der Waals surface area contributed by atoms with E-state index in [1.165, 1.54) is 17.8 Å². The van der Waals surface area contributed by atoms with Crippen LogP contribution in [0.15, 0.2) is 41.7 Å². The Labute approximate surface area is 154 Å².